The fraction of sp³-hybridized carbons (Fsp3) is 0.583. The number of benzene rings is 1. The van der Waals surface area contributed by atoms with Crippen LogP contribution in [0.15, 0.2) is 39.7 Å². The van der Waals surface area contributed by atoms with Crippen LogP contribution in [0.3, 0.4) is 0 Å². The molecule has 0 radical (unpaired) electrons. The largest absolute Gasteiger partial charge is 0.444 e. The number of aryl methyl sites for hydroxylation is 2. The van der Waals surface area contributed by atoms with Crippen molar-refractivity contribution in [3.05, 3.63) is 53.2 Å². The summed E-state index contributed by atoms with van der Waals surface area (Å²) in [4.78, 5) is 11.7. The Morgan fingerprint density at radius 1 is 1.22 bits per heavy atom. The molecule has 2 heterocycles. The van der Waals surface area contributed by atoms with Crippen LogP contribution in [0.5, 0.6) is 0 Å². The minimum Gasteiger partial charge on any atom is -0.444 e. The maximum atomic E-state index is 10.3. The standard InChI is InChI=1S/C24H37N5O2.HI/c1-4-25-24(26-13-10-22(30)21-8-6-5-7-9-21)27-16-20-11-14-29(15-12-20)17-23-28-18(2)19(3)31-23;/h5-9,20,22,30H,4,10-17H2,1-3H3,(H2,25,26,27);1H. The molecule has 0 saturated carbocycles. The Morgan fingerprint density at radius 3 is 2.56 bits per heavy atom. The maximum Gasteiger partial charge on any atom is 0.208 e. The SMILES string of the molecule is CCNC(=NCC1CCN(Cc2nc(C)c(C)o2)CC1)NCCC(O)c1ccccc1.I. The van der Waals surface area contributed by atoms with E-state index < -0.39 is 6.10 Å². The van der Waals surface area contributed by atoms with Crippen LogP contribution < -0.4 is 10.6 Å². The van der Waals surface area contributed by atoms with E-state index >= 15 is 0 Å². The van der Waals surface area contributed by atoms with Crippen molar-refractivity contribution in [1.82, 2.24) is 20.5 Å². The van der Waals surface area contributed by atoms with Gasteiger partial charge in [-0.25, -0.2) is 4.98 Å². The molecule has 1 saturated heterocycles. The predicted molar refractivity (Wildman–Crippen MR) is 139 cm³/mol. The van der Waals surface area contributed by atoms with Gasteiger partial charge in [0, 0.05) is 19.6 Å². The Morgan fingerprint density at radius 2 is 1.94 bits per heavy atom. The van der Waals surface area contributed by atoms with Crippen molar-refractivity contribution in [3.8, 4) is 0 Å². The number of nitrogens with zero attached hydrogens (tertiary/aromatic N) is 3. The Bertz CT molecular complexity index is 800. The van der Waals surface area contributed by atoms with E-state index in [9.17, 15) is 5.11 Å². The Hall–Kier alpha value is -1.65. The molecule has 0 bridgehead atoms. The van der Waals surface area contributed by atoms with Crippen molar-refractivity contribution >= 4 is 29.9 Å². The zero-order valence-electron chi connectivity index (χ0n) is 19.5. The number of nitrogens with one attached hydrogen (secondary N) is 2. The van der Waals surface area contributed by atoms with Crippen molar-refractivity contribution in [2.24, 2.45) is 10.9 Å². The van der Waals surface area contributed by atoms with Crippen molar-refractivity contribution in [2.75, 3.05) is 32.7 Å². The highest BCUT2D eigenvalue weighted by Crippen LogP contribution is 2.20. The van der Waals surface area contributed by atoms with Crippen LogP contribution in [-0.2, 0) is 6.54 Å². The second kappa shape index (κ2) is 13.8. The van der Waals surface area contributed by atoms with E-state index in [1.807, 2.05) is 44.2 Å². The second-order valence-electron chi connectivity index (χ2n) is 8.33. The number of hydrogen-bond donors (Lipinski definition) is 3. The first-order valence-corrected chi connectivity index (χ1v) is 11.5. The number of oxazole rings is 1. The van der Waals surface area contributed by atoms with Gasteiger partial charge < -0.3 is 20.2 Å². The van der Waals surface area contributed by atoms with Crippen LogP contribution in [0, 0.1) is 19.8 Å². The fourth-order valence-electron chi connectivity index (χ4n) is 3.86. The summed E-state index contributed by atoms with van der Waals surface area (Å²) in [5.74, 6) is 3.16. The number of hydrogen-bond acceptors (Lipinski definition) is 5. The van der Waals surface area contributed by atoms with Gasteiger partial charge in [0.2, 0.25) is 5.89 Å². The Kier molecular flexibility index (Phi) is 11.5. The summed E-state index contributed by atoms with van der Waals surface area (Å²) < 4.78 is 5.72. The van der Waals surface area contributed by atoms with Gasteiger partial charge in [0.15, 0.2) is 5.96 Å². The van der Waals surface area contributed by atoms with Crippen LogP contribution in [0.25, 0.3) is 0 Å². The van der Waals surface area contributed by atoms with Crippen molar-refractivity contribution in [2.45, 2.75) is 52.7 Å². The summed E-state index contributed by atoms with van der Waals surface area (Å²) in [6.45, 7) is 11.2. The third kappa shape index (κ3) is 8.37. The molecular formula is C24H38IN5O2. The van der Waals surface area contributed by atoms with Crippen LogP contribution >= 0.6 is 24.0 Å². The third-order valence-corrected chi connectivity index (χ3v) is 5.89. The number of aromatic nitrogens is 1. The Balaban J connectivity index is 0.00000363. The van der Waals surface area contributed by atoms with E-state index in [2.05, 4.69) is 27.4 Å². The van der Waals surface area contributed by atoms with E-state index in [1.165, 1.54) is 0 Å². The number of piperidine rings is 1. The lowest BCUT2D eigenvalue weighted by atomic mass is 9.97. The van der Waals surface area contributed by atoms with Gasteiger partial charge in [-0.2, -0.15) is 0 Å². The highest BCUT2D eigenvalue weighted by atomic mass is 127. The molecule has 1 aliphatic rings. The Labute approximate surface area is 209 Å². The molecule has 0 aliphatic carbocycles. The number of guanidine groups is 1. The maximum absolute atomic E-state index is 10.3. The number of halogens is 1. The van der Waals surface area contributed by atoms with Gasteiger partial charge in [-0.15, -0.1) is 24.0 Å². The average Bonchev–Trinajstić information content (AvgIpc) is 3.10. The highest BCUT2D eigenvalue weighted by molar-refractivity contribution is 14.0. The molecule has 1 fully saturated rings. The summed E-state index contributed by atoms with van der Waals surface area (Å²) in [6.07, 6.45) is 2.45. The van der Waals surface area contributed by atoms with E-state index in [0.717, 1.165) is 74.4 Å². The van der Waals surface area contributed by atoms with Crippen molar-refractivity contribution < 1.29 is 9.52 Å². The van der Waals surface area contributed by atoms with Gasteiger partial charge in [-0.3, -0.25) is 9.89 Å². The molecule has 1 aromatic carbocycles. The first-order chi connectivity index (χ1) is 15.0. The van der Waals surface area contributed by atoms with Gasteiger partial charge in [0.1, 0.15) is 5.76 Å². The first kappa shape index (κ1) is 26.6. The zero-order valence-corrected chi connectivity index (χ0v) is 21.8. The van der Waals surface area contributed by atoms with Gasteiger partial charge in [-0.05, 0) is 64.6 Å². The molecule has 7 nitrogen and oxygen atoms in total. The predicted octanol–water partition coefficient (Wildman–Crippen LogP) is 3.80. The van der Waals surface area contributed by atoms with Crippen molar-refractivity contribution in [3.63, 3.8) is 0 Å². The molecule has 1 aromatic heterocycles. The number of likely N-dealkylation sites (tertiary alicyclic amines) is 1. The lowest BCUT2D eigenvalue weighted by molar-refractivity contribution is 0.166. The normalized spacial score (nSPS) is 16.4. The lowest BCUT2D eigenvalue weighted by Gasteiger charge is -2.30. The lowest BCUT2D eigenvalue weighted by Crippen LogP contribution is -2.39. The summed E-state index contributed by atoms with van der Waals surface area (Å²) in [6, 6.07) is 9.79. The van der Waals surface area contributed by atoms with Crippen LogP contribution in [-0.4, -0.2) is 53.7 Å². The molecule has 178 valence electrons. The molecule has 8 heteroatoms. The van der Waals surface area contributed by atoms with E-state index in [-0.39, 0.29) is 24.0 Å². The molecule has 3 N–H and O–H groups in total. The first-order valence-electron chi connectivity index (χ1n) is 11.5. The van der Waals surface area contributed by atoms with Crippen LogP contribution in [0.1, 0.15) is 55.2 Å². The molecule has 1 aliphatic heterocycles. The summed E-state index contributed by atoms with van der Waals surface area (Å²) in [5, 5.41) is 17.0. The smallest absolute Gasteiger partial charge is 0.208 e. The zero-order chi connectivity index (χ0) is 22.1. The quantitative estimate of drug-likeness (QED) is 0.248. The highest BCUT2D eigenvalue weighted by Gasteiger charge is 2.21. The summed E-state index contributed by atoms with van der Waals surface area (Å²) in [5.41, 5.74) is 1.94. The second-order valence-corrected chi connectivity index (χ2v) is 8.33. The summed E-state index contributed by atoms with van der Waals surface area (Å²) in [7, 11) is 0. The van der Waals surface area contributed by atoms with Gasteiger partial charge in [-0.1, -0.05) is 30.3 Å². The molecular weight excluding hydrogens is 517 g/mol. The molecule has 0 amide bonds. The molecule has 2 aromatic rings. The topological polar surface area (TPSA) is 85.9 Å². The average molecular weight is 556 g/mol. The fourth-order valence-corrected chi connectivity index (χ4v) is 3.86. The molecule has 32 heavy (non-hydrogen) atoms. The van der Waals surface area contributed by atoms with Gasteiger partial charge in [0.05, 0.1) is 18.3 Å². The monoisotopic (exact) mass is 555 g/mol. The molecule has 1 atom stereocenters. The minimum atomic E-state index is -0.461. The van der Waals surface area contributed by atoms with Gasteiger partial charge in [0.25, 0.3) is 0 Å². The minimum absolute atomic E-state index is 0. The van der Waals surface area contributed by atoms with Gasteiger partial charge >= 0.3 is 0 Å². The van der Waals surface area contributed by atoms with E-state index in [0.29, 0.717) is 18.9 Å². The summed E-state index contributed by atoms with van der Waals surface area (Å²) >= 11 is 0. The number of aliphatic hydroxyl groups is 1. The van der Waals surface area contributed by atoms with Crippen LogP contribution in [0.4, 0.5) is 0 Å². The van der Waals surface area contributed by atoms with E-state index in [4.69, 9.17) is 9.41 Å². The van der Waals surface area contributed by atoms with Crippen molar-refractivity contribution in [1.29, 1.82) is 0 Å². The molecule has 0 spiro atoms. The third-order valence-electron chi connectivity index (χ3n) is 5.89. The number of aliphatic hydroxyl groups excluding tert-OH is 1. The number of rotatable bonds is 9. The number of aliphatic imine (C=N–C) groups is 1. The van der Waals surface area contributed by atoms with Crippen LogP contribution in [0.2, 0.25) is 0 Å². The van der Waals surface area contributed by atoms with E-state index in [1.54, 1.807) is 0 Å². The molecule has 3 rings (SSSR count). The molecule has 1 unspecified atom stereocenters.